The number of anilines is 1. The molecule has 0 unspecified atom stereocenters. The molecule has 0 fully saturated rings. The molecule has 1 atom stereocenters. The average Bonchev–Trinajstić information content (AvgIpc) is 2.94. The molecule has 0 aliphatic rings. The zero-order valence-electron chi connectivity index (χ0n) is 20.8. The van der Waals surface area contributed by atoms with Crippen LogP contribution >= 0.6 is 0 Å². The molecule has 3 amide bonds. The summed E-state index contributed by atoms with van der Waals surface area (Å²) in [6, 6.07) is 18.4. The van der Waals surface area contributed by atoms with Crippen LogP contribution in [0.3, 0.4) is 0 Å². The molecule has 3 aromatic carbocycles. The topological polar surface area (TPSA) is 146 Å². The summed E-state index contributed by atoms with van der Waals surface area (Å²) in [5.74, 6) is 9.40. The van der Waals surface area contributed by atoms with E-state index in [0.29, 0.717) is 28.9 Å². The van der Waals surface area contributed by atoms with Crippen LogP contribution in [0.1, 0.15) is 34.5 Å². The number of rotatable bonds is 9. The first-order valence-corrected chi connectivity index (χ1v) is 11.8. The Morgan fingerprint density at radius 1 is 0.925 bits per heavy atom. The summed E-state index contributed by atoms with van der Waals surface area (Å²) in [6.07, 6.45) is 0. The van der Waals surface area contributed by atoms with Gasteiger partial charge in [-0.3, -0.25) is 19.6 Å². The molecule has 0 aliphatic carbocycles. The molecular formula is C30H30FN5O4. The fraction of sp³-hybridized carbons (Fsp3) is 0.167. The van der Waals surface area contributed by atoms with Gasteiger partial charge in [-0.25, -0.2) is 9.87 Å². The van der Waals surface area contributed by atoms with Crippen molar-refractivity contribution in [2.75, 3.05) is 18.4 Å². The van der Waals surface area contributed by atoms with Crippen molar-refractivity contribution in [1.29, 1.82) is 0 Å². The molecule has 3 aromatic rings. The van der Waals surface area contributed by atoms with Gasteiger partial charge in [-0.15, -0.1) is 0 Å². The van der Waals surface area contributed by atoms with Gasteiger partial charge in [0.05, 0.1) is 6.54 Å². The molecular weight excluding hydrogens is 513 g/mol. The number of hydrogen-bond donors (Lipinski definition) is 6. The third-order valence-corrected chi connectivity index (χ3v) is 5.26. The molecule has 0 bridgehead atoms. The van der Waals surface area contributed by atoms with Crippen LogP contribution in [0.5, 0.6) is 0 Å². The van der Waals surface area contributed by atoms with Gasteiger partial charge in [0.15, 0.2) is 0 Å². The van der Waals surface area contributed by atoms with Crippen molar-refractivity contribution in [2.24, 2.45) is 5.73 Å². The number of amides is 3. The molecule has 0 aromatic heterocycles. The van der Waals surface area contributed by atoms with Crippen LogP contribution in [0.15, 0.2) is 72.8 Å². The zero-order chi connectivity index (χ0) is 28.0. The lowest BCUT2D eigenvalue weighted by Crippen LogP contribution is -2.50. The number of halogens is 1. The maximum absolute atomic E-state index is 13.2. The molecule has 10 heteroatoms. The van der Waals surface area contributed by atoms with Gasteiger partial charge in [-0.05, 0) is 78.1 Å². The lowest BCUT2D eigenvalue weighted by molar-refractivity contribution is -0.130. The molecule has 0 heterocycles. The summed E-state index contributed by atoms with van der Waals surface area (Å²) in [5.41, 5.74) is 9.88. The molecule has 0 aliphatic heterocycles. The van der Waals surface area contributed by atoms with E-state index >= 15 is 0 Å². The van der Waals surface area contributed by atoms with E-state index in [2.05, 4.69) is 39.6 Å². The molecule has 0 spiro atoms. The molecule has 9 nitrogen and oxygen atoms in total. The zero-order valence-corrected chi connectivity index (χ0v) is 20.8. The van der Waals surface area contributed by atoms with Gasteiger partial charge >= 0.3 is 0 Å². The first-order valence-electron chi connectivity index (χ1n) is 11.8. The van der Waals surface area contributed by atoms with Crippen molar-refractivity contribution >= 4 is 23.4 Å². The highest BCUT2D eigenvalue weighted by Crippen LogP contribution is 2.09. The SMILES string of the molecule is C.NC[C@H](NC(=O)c1ccc(C#CC#Cc2ccc(NC(=O)CNCc3cccc(F)c3)cc2)cc1)C(=O)NO. The van der Waals surface area contributed by atoms with E-state index in [1.807, 2.05) is 0 Å². The summed E-state index contributed by atoms with van der Waals surface area (Å²) in [5, 5.41) is 16.8. The smallest absolute Gasteiger partial charge is 0.267 e. The van der Waals surface area contributed by atoms with E-state index in [1.165, 1.54) is 17.6 Å². The van der Waals surface area contributed by atoms with Gasteiger partial charge in [0, 0.05) is 35.5 Å². The summed E-state index contributed by atoms with van der Waals surface area (Å²) >= 11 is 0. The number of nitrogens with two attached hydrogens (primary N) is 1. The van der Waals surface area contributed by atoms with Crippen molar-refractivity contribution in [2.45, 2.75) is 20.0 Å². The van der Waals surface area contributed by atoms with E-state index in [4.69, 9.17) is 10.9 Å². The standard InChI is InChI=1S/C29H26FN5O4.CH4/c30-24-7-3-6-22(16-24)18-32-19-27(36)33-25-14-10-21(11-15-25)5-2-1-4-20-8-12-23(13-9-20)28(37)34-26(17-31)29(38)35-39;/h3,6-16,26,32,39H,17-19,31H2,(H,33,36)(H,34,37)(H,35,38);1H4/t26-;/m0./s1. The fourth-order valence-corrected chi connectivity index (χ4v) is 3.27. The Kier molecular flexibility index (Phi) is 12.5. The molecule has 3 rings (SSSR count). The third kappa shape index (κ3) is 10.0. The van der Waals surface area contributed by atoms with E-state index in [0.717, 1.165) is 5.56 Å². The summed E-state index contributed by atoms with van der Waals surface area (Å²) < 4.78 is 13.2. The van der Waals surface area contributed by atoms with Crippen LogP contribution in [-0.4, -0.2) is 42.1 Å². The van der Waals surface area contributed by atoms with E-state index in [9.17, 15) is 18.8 Å². The van der Waals surface area contributed by atoms with Crippen LogP contribution in [-0.2, 0) is 16.1 Å². The number of nitrogens with one attached hydrogen (secondary N) is 4. The number of carbonyl (C=O) groups excluding carboxylic acids is 3. The molecule has 0 saturated heterocycles. The van der Waals surface area contributed by atoms with Gasteiger partial charge in [0.2, 0.25) is 5.91 Å². The number of hydrogen-bond acceptors (Lipinski definition) is 6. The van der Waals surface area contributed by atoms with Crippen molar-refractivity contribution in [3.05, 3.63) is 101 Å². The predicted octanol–water partition coefficient (Wildman–Crippen LogP) is 2.16. The van der Waals surface area contributed by atoms with Gasteiger partial charge in [0.25, 0.3) is 11.8 Å². The Morgan fingerprint density at radius 2 is 1.55 bits per heavy atom. The molecule has 7 N–H and O–H groups in total. The minimum Gasteiger partial charge on any atom is -0.339 e. The minimum absolute atomic E-state index is 0. The lowest BCUT2D eigenvalue weighted by Gasteiger charge is -2.14. The van der Waals surface area contributed by atoms with E-state index in [-0.39, 0.29) is 32.2 Å². The maximum Gasteiger partial charge on any atom is 0.267 e. The second kappa shape index (κ2) is 16.1. The number of benzene rings is 3. The Bertz CT molecular complexity index is 1440. The molecule has 0 saturated carbocycles. The lowest BCUT2D eigenvalue weighted by atomic mass is 10.1. The molecule has 0 radical (unpaired) electrons. The van der Waals surface area contributed by atoms with Crippen LogP contribution in [0.2, 0.25) is 0 Å². The highest BCUT2D eigenvalue weighted by atomic mass is 19.1. The third-order valence-electron chi connectivity index (χ3n) is 5.26. The normalized spacial score (nSPS) is 10.4. The second-order valence-electron chi connectivity index (χ2n) is 8.17. The number of hydroxylamine groups is 1. The predicted molar refractivity (Wildman–Crippen MR) is 150 cm³/mol. The molecule has 206 valence electrons. The number of carbonyl (C=O) groups is 3. The van der Waals surface area contributed by atoms with Gasteiger partial charge in [-0.1, -0.05) is 31.4 Å². The Labute approximate surface area is 232 Å². The molecule has 40 heavy (non-hydrogen) atoms. The monoisotopic (exact) mass is 543 g/mol. The Balaban J connectivity index is 0.00000560. The van der Waals surface area contributed by atoms with Crippen molar-refractivity contribution < 1.29 is 24.0 Å². The summed E-state index contributed by atoms with van der Waals surface area (Å²) in [4.78, 5) is 35.8. The summed E-state index contributed by atoms with van der Waals surface area (Å²) in [7, 11) is 0. The quantitative estimate of drug-likeness (QED) is 0.139. The van der Waals surface area contributed by atoms with Crippen LogP contribution in [0, 0.1) is 29.5 Å². The van der Waals surface area contributed by atoms with Crippen molar-refractivity contribution in [1.82, 2.24) is 16.1 Å². The highest BCUT2D eigenvalue weighted by Gasteiger charge is 2.19. The average molecular weight is 544 g/mol. The van der Waals surface area contributed by atoms with E-state index < -0.39 is 17.9 Å². The summed E-state index contributed by atoms with van der Waals surface area (Å²) in [6.45, 7) is 0.282. The first kappa shape index (κ1) is 31.2. The highest BCUT2D eigenvalue weighted by molar-refractivity contribution is 5.97. The van der Waals surface area contributed by atoms with Gasteiger partial charge < -0.3 is 21.7 Å². The fourth-order valence-electron chi connectivity index (χ4n) is 3.27. The Morgan fingerprint density at radius 3 is 2.12 bits per heavy atom. The van der Waals surface area contributed by atoms with Crippen LogP contribution in [0.25, 0.3) is 0 Å². The Hall–Kier alpha value is -5.00. The maximum atomic E-state index is 13.2. The van der Waals surface area contributed by atoms with Crippen LogP contribution in [0.4, 0.5) is 10.1 Å². The van der Waals surface area contributed by atoms with Gasteiger partial charge in [-0.2, -0.15) is 0 Å². The second-order valence-corrected chi connectivity index (χ2v) is 8.17. The minimum atomic E-state index is -1.06. The van der Waals surface area contributed by atoms with Crippen molar-refractivity contribution in [3.63, 3.8) is 0 Å². The largest absolute Gasteiger partial charge is 0.339 e. The van der Waals surface area contributed by atoms with Gasteiger partial charge in [0.1, 0.15) is 11.9 Å². The van der Waals surface area contributed by atoms with E-state index in [1.54, 1.807) is 60.7 Å². The first-order chi connectivity index (χ1) is 18.9. The van der Waals surface area contributed by atoms with Crippen molar-refractivity contribution in [3.8, 4) is 23.7 Å². The van der Waals surface area contributed by atoms with Crippen LogP contribution < -0.4 is 27.2 Å².